The van der Waals surface area contributed by atoms with Crippen LogP contribution in [-0.4, -0.2) is 17.7 Å². The van der Waals surface area contributed by atoms with Gasteiger partial charge in [0.1, 0.15) is 5.82 Å². The lowest BCUT2D eigenvalue weighted by atomic mass is 10.1. The molecule has 0 aromatic heterocycles. The molecular weight excluding hydrogens is 249 g/mol. The lowest BCUT2D eigenvalue weighted by molar-refractivity contribution is -0.119. The minimum atomic E-state index is -0.229. The van der Waals surface area contributed by atoms with Crippen LogP contribution in [0.25, 0.3) is 0 Å². The molecule has 1 unspecified atom stereocenters. The Morgan fingerprint density at radius 3 is 2.44 bits per heavy atom. The molecule has 1 aromatic rings. The Bertz CT molecular complexity index is 378. The third-order valence-electron chi connectivity index (χ3n) is 2.80. The van der Waals surface area contributed by atoms with Crippen LogP contribution in [0, 0.1) is 11.7 Å². The van der Waals surface area contributed by atoms with Gasteiger partial charge in [-0.15, -0.1) is 11.8 Å². The van der Waals surface area contributed by atoms with E-state index in [2.05, 4.69) is 19.2 Å². The normalized spacial score (nSPS) is 12.5. The first-order valence-corrected chi connectivity index (χ1v) is 7.26. The lowest BCUT2D eigenvalue weighted by Gasteiger charge is -2.17. The molecule has 0 heterocycles. The predicted molar refractivity (Wildman–Crippen MR) is 75.0 cm³/mol. The van der Waals surface area contributed by atoms with Crippen molar-refractivity contribution in [2.24, 2.45) is 5.92 Å². The zero-order chi connectivity index (χ0) is 13.5. The number of hydrogen-bond acceptors (Lipinski definition) is 2. The van der Waals surface area contributed by atoms with Gasteiger partial charge in [-0.3, -0.25) is 4.79 Å². The summed E-state index contributed by atoms with van der Waals surface area (Å²) in [5, 5.41) is 2.95. The van der Waals surface area contributed by atoms with Gasteiger partial charge in [-0.2, -0.15) is 0 Å². The van der Waals surface area contributed by atoms with Gasteiger partial charge in [0.05, 0.1) is 5.75 Å². The molecule has 2 nitrogen and oxygen atoms in total. The Morgan fingerprint density at radius 2 is 1.89 bits per heavy atom. The van der Waals surface area contributed by atoms with E-state index in [0.29, 0.717) is 11.7 Å². The van der Waals surface area contributed by atoms with Crippen LogP contribution in [0.5, 0.6) is 0 Å². The second kappa shape index (κ2) is 7.41. The number of rotatable bonds is 6. The van der Waals surface area contributed by atoms with Gasteiger partial charge in [-0.05, 0) is 30.5 Å². The van der Waals surface area contributed by atoms with E-state index in [1.165, 1.54) is 23.9 Å². The van der Waals surface area contributed by atoms with Gasteiger partial charge in [-0.1, -0.05) is 26.0 Å². The van der Waals surface area contributed by atoms with Gasteiger partial charge in [0.15, 0.2) is 0 Å². The minimum absolute atomic E-state index is 0.0586. The Balaban J connectivity index is 2.25. The molecule has 4 heteroatoms. The first kappa shape index (κ1) is 15.0. The zero-order valence-corrected chi connectivity index (χ0v) is 11.9. The Labute approximate surface area is 112 Å². The largest absolute Gasteiger partial charge is 0.353 e. The van der Waals surface area contributed by atoms with E-state index in [1.54, 1.807) is 12.1 Å². The van der Waals surface area contributed by atoms with E-state index in [4.69, 9.17) is 0 Å². The van der Waals surface area contributed by atoms with Gasteiger partial charge in [0, 0.05) is 11.8 Å². The number of carbonyl (C=O) groups excluding carboxylic acids is 1. The molecule has 100 valence electrons. The fourth-order valence-electron chi connectivity index (χ4n) is 1.30. The Hall–Kier alpha value is -1.03. The number of amides is 1. The molecule has 0 aliphatic rings. The summed E-state index contributed by atoms with van der Waals surface area (Å²) in [7, 11) is 0. The maximum atomic E-state index is 12.7. The van der Waals surface area contributed by atoms with E-state index in [9.17, 15) is 9.18 Å². The standard InChI is InChI=1S/C14H20FNOS/c1-10(2)11(3)16-14(17)9-18-8-12-4-6-13(15)7-5-12/h4-7,10-11H,8-9H2,1-3H3,(H,16,17). The molecule has 1 atom stereocenters. The first-order chi connectivity index (χ1) is 8.49. The van der Waals surface area contributed by atoms with Crippen molar-refractivity contribution in [3.8, 4) is 0 Å². The molecule has 0 aliphatic carbocycles. The molecule has 0 saturated heterocycles. The highest BCUT2D eigenvalue weighted by Crippen LogP contribution is 2.12. The molecule has 1 rings (SSSR count). The number of benzene rings is 1. The third-order valence-corrected chi connectivity index (χ3v) is 3.81. The predicted octanol–water partition coefficient (Wildman–Crippen LogP) is 3.22. The number of halogens is 1. The smallest absolute Gasteiger partial charge is 0.230 e. The second-order valence-electron chi connectivity index (χ2n) is 4.72. The molecule has 1 amide bonds. The molecule has 0 fully saturated rings. The first-order valence-electron chi connectivity index (χ1n) is 6.10. The monoisotopic (exact) mass is 269 g/mol. The van der Waals surface area contributed by atoms with Crippen LogP contribution in [0.15, 0.2) is 24.3 Å². The van der Waals surface area contributed by atoms with Crippen molar-refractivity contribution in [2.45, 2.75) is 32.6 Å². The highest BCUT2D eigenvalue weighted by Gasteiger charge is 2.10. The van der Waals surface area contributed by atoms with Gasteiger partial charge in [-0.25, -0.2) is 4.39 Å². The van der Waals surface area contributed by atoms with E-state index < -0.39 is 0 Å². The van der Waals surface area contributed by atoms with Crippen molar-refractivity contribution in [3.63, 3.8) is 0 Å². The van der Waals surface area contributed by atoms with Crippen molar-refractivity contribution in [3.05, 3.63) is 35.6 Å². The van der Waals surface area contributed by atoms with Crippen LogP contribution in [0.1, 0.15) is 26.3 Å². The lowest BCUT2D eigenvalue weighted by Crippen LogP contribution is -2.37. The fourth-order valence-corrected chi connectivity index (χ4v) is 2.10. The zero-order valence-electron chi connectivity index (χ0n) is 11.1. The summed E-state index contributed by atoms with van der Waals surface area (Å²) in [6, 6.07) is 6.57. The minimum Gasteiger partial charge on any atom is -0.353 e. The van der Waals surface area contributed by atoms with E-state index >= 15 is 0 Å². The molecule has 0 saturated carbocycles. The van der Waals surface area contributed by atoms with E-state index in [1.807, 2.05) is 6.92 Å². The van der Waals surface area contributed by atoms with Crippen molar-refractivity contribution < 1.29 is 9.18 Å². The maximum absolute atomic E-state index is 12.7. The number of nitrogens with one attached hydrogen (secondary N) is 1. The average molecular weight is 269 g/mol. The summed E-state index contributed by atoms with van der Waals surface area (Å²) in [6.07, 6.45) is 0. The van der Waals surface area contributed by atoms with Crippen LogP contribution < -0.4 is 5.32 Å². The van der Waals surface area contributed by atoms with E-state index in [0.717, 1.165) is 11.3 Å². The van der Waals surface area contributed by atoms with Crippen LogP contribution in [0.3, 0.4) is 0 Å². The average Bonchev–Trinajstić information content (AvgIpc) is 2.31. The van der Waals surface area contributed by atoms with Crippen molar-refractivity contribution in [1.82, 2.24) is 5.32 Å². The molecule has 0 spiro atoms. The summed E-state index contributed by atoms with van der Waals surface area (Å²) in [5.74, 6) is 1.43. The molecule has 0 aliphatic heterocycles. The van der Waals surface area contributed by atoms with Crippen LogP contribution in [-0.2, 0) is 10.5 Å². The highest BCUT2D eigenvalue weighted by molar-refractivity contribution is 7.99. The molecule has 0 radical (unpaired) electrons. The third kappa shape index (κ3) is 5.54. The summed E-state index contributed by atoms with van der Waals surface area (Å²) in [4.78, 5) is 11.6. The summed E-state index contributed by atoms with van der Waals surface area (Å²) in [6.45, 7) is 6.17. The van der Waals surface area contributed by atoms with E-state index in [-0.39, 0.29) is 17.8 Å². The quantitative estimate of drug-likeness (QED) is 0.859. The highest BCUT2D eigenvalue weighted by atomic mass is 32.2. The van der Waals surface area contributed by atoms with Crippen LogP contribution in [0.2, 0.25) is 0 Å². The molecular formula is C14H20FNOS. The van der Waals surface area contributed by atoms with Crippen molar-refractivity contribution in [2.75, 3.05) is 5.75 Å². The number of carbonyl (C=O) groups is 1. The summed E-state index contributed by atoms with van der Waals surface area (Å²) in [5.41, 5.74) is 1.03. The van der Waals surface area contributed by atoms with Crippen molar-refractivity contribution in [1.29, 1.82) is 0 Å². The van der Waals surface area contributed by atoms with Gasteiger partial charge in [0.2, 0.25) is 5.91 Å². The Kier molecular flexibility index (Phi) is 6.19. The number of thioether (sulfide) groups is 1. The summed E-state index contributed by atoms with van der Waals surface area (Å²) < 4.78 is 12.7. The van der Waals surface area contributed by atoms with Gasteiger partial charge in [0.25, 0.3) is 0 Å². The molecule has 18 heavy (non-hydrogen) atoms. The second-order valence-corrected chi connectivity index (χ2v) is 5.71. The van der Waals surface area contributed by atoms with Crippen LogP contribution in [0.4, 0.5) is 4.39 Å². The Morgan fingerprint density at radius 1 is 1.28 bits per heavy atom. The number of hydrogen-bond donors (Lipinski definition) is 1. The topological polar surface area (TPSA) is 29.1 Å². The summed E-state index contributed by atoms with van der Waals surface area (Å²) >= 11 is 1.54. The molecule has 0 bridgehead atoms. The molecule has 1 N–H and O–H groups in total. The maximum Gasteiger partial charge on any atom is 0.230 e. The SMILES string of the molecule is CC(C)C(C)NC(=O)CSCc1ccc(F)cc1. The molecule has 1 aromatic carbocycles. The van der Waals surface area contributed by atoms with Crippen molar-refractivity contribution >= 4 is 17.7 Å². The van der Waals surface area contributed by atoms with Gasteiger partial charge >= 0.3 is 0 Å². The van der Waals surface area contributed by atoms with Crippen LogP contribution >= 0.6 is 11.8 Å². The van der Waals surface area contributed by atoms with Gasteiger partial charge < -0.3 is 5.32 Å². The fraction of sp³-hybridized carbons (Fsp3) is 0.500.